The summed E-state index contributed by atoms with van der Waals surface area (Å²) in [6.07, 6.45) is 13.0. The molecule has 3 fully saturated rings. The van der Waals surface area contributed by atoms with Gasteiger partial charge >= 0.3 is 0 Å². The lowest BCUT2D eigenvalue weighted by molar-refractivity contribution is -0.136. The highest BCUT2D eigenvalue weighted by atomic mass is 35.5. The van der Waals surface area contributed by atoms with Crippen molar-refractivity contribution in [1.82, 2.24) is 34.8 Å². The molecule has 0 radical (unpaired) electrons. The first-order valence-corrected chi connectivity index (χ1v) is 21.9. The van der Waals surface area contributed by atoms with Gasteiger partial charge in [-0.1, -0.05) is 42.1 Å². The predicted octanol–water partition coefficient (Wildman–Crippen LogP) is 6.24. The van der Waals surface area contributed by atoms with Gasteiger partial charge in [-0.25, -0.2) is 9.37 Å². The molecule has 6 heterocycles. The number of unbranched alkanes of at least 4 members (excludes halogenated alkanes) is 3. The summed E-state index contributed by atoms with van der Waals surface area (Å²) in [6.45, 7) is 7.12. The van der Waals surface area contributed by atoms with E-state index in [9.17, 15) is 23.6 Å². The third-order valence-electron chi connectivity index (χ3n) is 12.3. The number of hydrogen-bond donors (Lipinski definition) is 3. The summed E-state index contributed by atoms with van der Waals surface area (Å²) in [5.74, 6) is -1.38. The highest BCUT2D eigenvalue weighted by Crippen LogP contribution is 2.34. The van der Waals surface area contributed by atoms with Gasteiger partial charge in [0.05, 0.1) is 35.0 Å². The molecule has 17 heteroatoms. The number of ether oxygens (including phenoxy) is 1. The Morgan fingerprint density at radius 1 is 0.918 bits per heavy atom. The van der Waals surface area contributed by atoms with Gasteiger partial charge in [-0.05, 0) is 81.1 Å². The smallest absolute Gasteiger partial charge is 0.264 e. The topological polar surface area (TPSA) is 168 Å². The van der Waals surface area contributed by atoms with Crippen LogP contribution in [-0.2, 0) is 16.0 Å². The first-order chi connectivity index (χ1) is 29.5. The molecule has 4 aromatic rings. The second-order valence-electron chi connectivity index (χ2n) is 16.4. The SMILES string of the molecule is Nc1ncc(-c2cnn(C3CCN(CCCCCCN4CC(CNc5cccc6c5C(=O)N([C@@H]5CCC(=O)NC5=O)C6=O)C4)CC3)c2)cc1OCCc1c(Cl)ccc(F)c1Cl. The highest BCUT2D eigenvalue weighted by molar-refractivity contribution is 6.36. The molecule has 322 valence electrons. The number of pyridine rings is 1. The number of hydrogen-bond acceptors (Lipinski definition) is 11. The lowest BCUT2D eigenvalue weighted by Crippen LogP contribution is -2.54. The van der Waals surface area contributed by atoms with Crippen molar-refractivity contribution in [2.24, 2.45) is 5.92 Å². The zero-order valence-corrected chi connectivity index (χ0v) is 35.4. The minimum atomic E-state index is -0.977. The van der Waals surface area contributed by atoms with E-state index in [4.69, 9.17) is 38.8 Å². The first kappa shape index (κ1) is 42.6. The van der Waals surface area contributed by atoms with E-state index < -0.39 is 35.5 Å². The molecule has 61 heavy (non-hydrogen) atoms. The van der Waals surface area contributed by atoms with E-state index in [1.165, 1.54) is 37.8 Å². The standard InChI is InChI=1S/C44H50Cl2FN9O5/c45-33-8-9-34(47)40(46)31(33)14-19-61-37-20-28(22-50-41(37)48)29-23-51-55(26-29)30-12-17-53(18-13-30)15-3-1-2-4-16-54-24-27(25-54)21-49-35-7-5-6-32-39(35)44(60)56(43(32)59)36-10-11-38(57)52-42(36)58/h5-9,20,22-23,26-27,30,36,49H,1-4,10-19,21,24-25H2,(H2,48,50)(H,52,57,58)/t36-/m1/s1. The fraction of sp³-hybridized carbons (Fsp3) is 0.455. The van der Waals surface area contributed by atoms with Gasteiger partial charge in [0, 0.05) is 85.7 Å². The Morgan fingerprint density at radius 2 is 1.69 bits per heavy atom. The Hall–Kier alpha value is -5.09. The summed E-state index contributed by atoms with van der Waals surface area (Å²) in [7, 11) is 0. The van der Waals surface area contributed by atoms with Crippen molar-refractivity contribution in [2.45, 2.75) is 69.9 Å². The Kier molecular flexibility index (Phi) is 13.2. The van der Waals surface area contributed by atoms with Crippen LogP contribution >= 0.6 is 23.2 Å². The average molecular weight is 875 g/mol. The molecule has 3 saturated heterocycles. The third-order valence-corrected chi connectivity index (χ3v) is 13.0. The minimum absolute atomic E-state index is 0.00718. The summed E-state index contributed by atoms with van der Waals surface area (Å²) < 4.78 is 21.9. The van der Waals surface area contributed by atoms with Crippen LogP contribution in [0.25, 0.3) is 11.1 Å². The maximum Gasteiger partial charge on any atom is 0.264 e. The van der Waals surface area contributed by atoms with Crippen LogP contribution in [-0.4, -0.2) is 112 Å². The number of piperidine rings is 2. The summed E-state index contributed by atoms with van der Waals surface area (Å²) >= 11 is 12.3. The molecule has 4 aliphatic rings. The number of benzene rings is 2. The first-order valence-electron chi connectivity index (χ1n) is 21.1. The number of fused-ring (bicyclic) bond motifs is 1. The molecule has 4 amide bonds. The maximum atomic E-state index is 13.9. The van der Waals surface area contributed by atoms with Gasteiger partial charge in [-0.3, -0.25) is 34.1 Å². The van der Waals surface area contributed by atoms with Gasteiger partial charge in [-0.2, -0.15) is 5.10 Å². The van der Waals surface area contributed by atoms with E-state index in [0.717, 1.165) is 68.1 Å². The molecular formula is C44H50Cl2FN9O5. The molecule has 0 aliphatic carbocycles. The molecule has 0 spiro atoms. The number of nitrogens with zero attached hydrogens (tertiary/aromatic N) is 6. The number of aromatic nitrogens is 3. The Bertz CT molecular complexity index is 2290. The zero-order valence-electron chi connectivity index (χ0n) is 33.9. The predicted molar refractivity (Wildman–Crippen MR) is 230 cm³/mol. The molecule has 0 bridgehead atoms. The quantitative estimate of drug-likeness (QED) is 0.0625. The van der Waals surface area contributed by atoms with Crippen molar-refractivity contribution in [3.8, 4) is 16.9 Å². The summed E-state index contributed by atoms with van der Waals surface area (Å²) in [6, 6.07) is 9.08. The van der Waals surface area contributed by atoms with E-state index in [0.29, 0.717) is 52.5 Å². The molecule has 0 saturated carbocycles. The third kappa shape index (κ3) is 9.54. The Labute approximate surface area is 363 Å². The largest absolute Gasteiger partial charge is 0.489 e. The van der Waals surface area contributed by atoms with Crippen LogP contribution < -0.4 is 21.1 Å². The lowest BCUT2D eigenvalue weighted by atomic mass is 9.98. The molecule has 1 atom stereocenters. The molecule has 2 aromatic carbocycles. The van der Waals surface area contributed by atoms with Crippen molar-refractivity contribution in [2.75, 3.05) is 63.5 Å². The zero-order chi connectivity index (χ0) is 42.6. The number of anilines is 2. The molecule has 4 N–H and O–H groups in total. The number of amides is 4. The average Bonchev–Trinajstić information content (AvgIpc) is 3.83. The number of carbonyl (C=O) groups excluding carboxylic acids is 4. The number of carbonyl (C=O) groups is 4. The van der Waals surface area contributed by atoms with E-state index in [2.05, 4.69) is 36.3 Å². The van der Waals surface area contributed by atoms with Crippen LogP contribution in [0.15, 0.2) is 55.0 Å². The second-order valence-corrected chi connectivity index (χ2v) is 17.2. The van der Waals surface area contributed by atoms with Gasteiger partial charge in [-0.15, -0.1) is 0 Å². The van der Waals surface area contributed by atoms with Crippen LogP contribution in [0.2, 0.25) is 10.0 Å². The number of nitrogen functional groups attached to an aromatic ring is 1. The monoisotopic (exact) mass is 873 g/mol. The highest BCUT2D eigenvalue weighted by Gasteiger charge is 2.45. The fourth-order valence-corrected chi connectivity index (χ4v) is 9.37. The van der Waals surface area contributed by atoms with Gasteiger partial charge < -0.3 is 25.6 Å². The van der Waals surface area contributed by atoms with Crippen molar-refractivity contribution in [3.05, 3.63) is 87.5 Å². The van der Waals surface area contributed by atoms with Crippen molar-refractivity contribution in [3.63, 3.8) is 0 Å². The van der Waals surface area contributed by atoms with Crippen molar-refractivity contribution in [1.29, 1.82) is 0 Å². The number of nitrogens with two attached hydrogens (primary N) is 1. The molecule has 0 unspecified atom stereocenters. The fourth-order valence-electron chi connectivity index (χ4n) is 8.81. The molecule has 4 aliphatic heterocycles. The molecule has 14 nitrogen and oxygen atoms in total. The number of imide groups is 2. The minimum Gasteiger partial charge on any atom is -0.489 e. The van der Waals surface area contributed by atoms with Crippen molar-refractivity contribution < 1.29 is 28.3 Å². The summed E-state index contributed by atoms with van der Waals surface area (Å²) in [5.41, 5.74) is 9.55. The Balaban J connectivity index is 0.697. The normalized spacial score (nSPS) is 19.0. The lowest BCUT2D eigenvalue weighted by Gasteiger charge is -2.39. The second kappa shape index (κ2) is 18.9. The van der Waals surface area contributed by atoms with Gasteiger partial charge in [0.2, 0.25) is 11.8 Å². The van der Waals surface area contributed by atoms with Crippen molar-refractivity contribution >= 4 is 58.3 Å². The van der Waals surface area contributed by atoms with E-state index in [1.54, 1.807) is 24.4 Å². The van der Waals surface area contributed by atoms with E-state index in [-0.39, 0.29) is 35.9 Å². The summed E-state index contributed by atoms with van der Waals surface area (Å²) in [5, 5.41) is 10.7. The van der Waals surface area contributed by atoms with E-state index >= 15 is 0 Å². The van der Waals surface area contributed by atoms with Crippen LogP contribution in [0.1, 0.15) is 83.7 Å². The number of nitrogens with one attached hydrogen (secondary N) is 2. The van der Waals surface area contributed by atoms with Crippen LogP contribution in [0, 0.1) is 11.7 Å². The van der Waals surface area contributed by atoms with Crippen LogP contribution in [0.4, 0.5) is 15.9 Å². The van der Waals surface area contributed by atoms with Gasteiger partial charge in [0.15, 0.2) is 11.6 Å². The number of likely N-dealkylation sites (tertiary alicyclic amines) is 2. The van der Waals surface area contributed by atoms with Gasteiger partial charge in [0.25, 0.3) is 11.8 Å². The van der Waals surface area contributed by atoms with E-state index in [1.807, 2.05) is 12.3 Å². The molecule has 8 rings (SSSR count). The summed E-state index contributed by atoms with van der Waals surface area (Å²) in [4.78, 5) is 60.9. The van der Waals surface area contributed by atoms with Gasteiger partial charge in [0.1, 0.15) is 11.9 Å². The number of rotatable bonds is 17. The van der Waals surface area contributed by atoms with Crippen LogP contribution in [0.5, 0.6) is 5.75 Å². The number of halogens is 3. The van der Waals surface area contributed by atoms with Crippen LogP contribution in [0.3, 0.4) is 0 Å². The molecule has 2 aromatic heterocycles. The maximum absolute atomic E-state index is 13.9. The molecular weight excluding hydrogens is 824 g/mol. The Morgan fingerprint density at radius 3 is 2.46 bits per heavy atom.